The second-order valence-electron chi connectivity index (χ2n) is 5.98. The van der Waals surface area contributed by atoms with E-state index in [0.29, 0.717) is 23.8 Å². The Kier molecular flexibility index (Phi) is 4.52. The minimum Gasteiger partial charge on any atom is -0.481 e. The molecule has 0 aliphatic carbocycles. The monoisotopic (exact) mass is 310 g/mol. The number of pyridine rings is 1. The average Bonchev–Trinajstić information content (AvgIpc) is 2.46. The zero-order valence-electron chi connectivity index (χ0n) is 12.2. The predicted molar refractivity (Wildman–Crippen MR) is 79.3 cm³/mol. The normalized spacial score (nSPS) is 19.4. The van der Waals surface area contributed by atoms with Crippen LogP contribution >= 0.6 is 11.6 Å². The van der Waals surface area contributed by atoms with Crippen molar-refractivity contribution in [2.75, 3.05) is 13.1 Å². The molecule has 1 saturated heterocycles. The van der Waals surface area contributed by atoms with Crippen LogP contribution in [0.3, 0.4) is 0 Å². The van der Waals surface area contributed by atoms with Crippen molar-refractivity contribution in [1.29, 1.82) is 0 Å². The summed E-state index contributed by atoms with van der Waals surface area (Å²) in [5.41, 5.74) is -0.544. The Balaban J connectivity index is 2.14. The number of carboxylic acid groups (broad SMARTS) is 1. The number of nitrogens with zero attached hydrogens (tertiary/aromatic N) is 2. The molecule has 1 atom stereocenters. The first-order chi connectivity index (χ1) is 9.82. The fraction of sp³-hybridized carbons (Fsp3) is 0.533. The molecule has 1 aromatic heterocycles. The molecule has 21 heavy (non-hydrogen) atoms. The van der Waals surface area contributed by atoms with Crippen molar-refractivity contribution >= 4 is 23.5 Å². The zero-order chi connectivity index (χ0) is 15.6. The van der Waals surface area contributed by atoms with Gasteiger partial charge >= 0.3 is 5.97 Å². The molecular weight excluding hydrogens is 292 g/mol. The third kappa shape index (κ3) is 3.35. The summed E-state index contributed by atoms with van der Waals surface area (Å²) in [5.74, 6) is -1.09. The van der Waals surface area contributed by atoms with E-state index < -0.39 is 11.4 Å². The molecule has 1 aliphatic heterocycles. The van der Waals surface area contributed by atoms with Crippen molar-refractivity contribution in [3.05, 3.63) is 29.0 Å². The van der Waals surface area contributed by atoms with Gasteiger partial charge in [0.2, 0.25) is 0 Å². The van der Waals surface area contributed by atoms with Gasteiger partial charge in [0.25, 0.3) is 5.91 Å². The minimum atomic E-state index is -0.847. The van der Waals surface area contributed by atoms with Crippen LogP contribution in [-0.2, 0) is 4.79 Å². The van der Waals surface area contributed by atoms with Gasteiger partial charge in [0, 0.05) is 24.3 Å². The van der Waals surface area contributed by atoms with Gasteiger partial charge in [-0.1, -0.05) is 11.6 Å². The van der Waals surface area contributed by atoms with E-state index in [0.717, 1.165) is 12.8 Å². The lowest BCUT2D eigenvalue weighted by Gasteiger charge is -2.39. The summed E-state index contributed by atoms with van der Waals surface area (Å²) in [5, 5.41) is 9.80. The number of amides is 1. The van der Waals surface area contributed by atoms with Crippen molar-refractivity contribution in [1.82, 2.24) is 9.88 Å². The van der Waals surface area contributed by atoms with Gasteiger partial charge in [-0.05, 0) is 44.7 Å². The van der Waals surface area contributed by atoms with E-state index in [-0.39, 0.29) is 11.8 Å². The molecule has 0 aromatic carbocycles. The van der Waals surface area contributed by atoms with Crippen molar-refractivity contribution in [3.63, 3.8) is 0 Å². The highest BCUT2D eigenvalue weighted by atomic mass is 35.5. The standard InChI is InChI=1S/C15H19ClN2O3/c1-15(2,14(20)21)10-4-3-7-18(9-10)13(19)12-8-11(16)5-6-17-12/h5-6,8,10H,3-4,7,9H2,1-2H3,(H,20,21). The predicted octanol–water partition coefficient (Wildman–Crippen LogP) is 2.70. The third-order valence-electron chi connectivity index (χ3n) is 4.22. The van der Waals surface area contributed by atoms with E-state index in [4.69, 9.17) is 11.6 Å². The minimum absolute atomic E-state index is 0.0631. The SMILES string of the molecule is CC(C)(C(=O)O)C1CCCN(C(=O)c2cc(Cl)ccn2)C1. The Morgan fingerprint density at radius 3 is 2.81 bits per heavy atom. The van der Waals surface area contributed by atoms with Crippen LogP contribution in [0.15, 0.2) is 18.3 Å². The fourth-order valence-corrected chi connectivity index (χ4v) is 2.77. The van der Waals surface area contributed by atoms with Crippen molar-refractivity contribution in [2.24, 2.45) is 11.3 Å². The Hall–Kier alpha value is -1.62. The number of aliphatic carboxylic acids is 1. The maximum Gasteiger partial charge on any atom is 0.309 e. The zero-order valence-corrected chi connectivity index (χ0v) is 12.9. The first kappa shape index (κ1) is 15.8. The Bertz CT molecular complexity index is 560. The molecule has 1 N–H and O–H groups in total. The number of carbonyl (C=O) groups is 2. The average molecular weight is 311 g/mol. The number of hydrogen-bond acceptors (Lipinski definition) is 3. The van der Waals surface area contributed by atoms with Crippen LogP contribution in [-0.4, -0.2) is 40.0 Å². The van der Waals surface area contributed by atoms with Gasteiger partial charge in [-0.25, -0.2) is 0 Å². The van der Waals surface area contributed by atoms with Crippen LogP contribution in [0.5, 0.6) is 0 Å². The summed E-state index contributed by atoms with van der Waals surface area (Å²) in [4.78, 5) is 29.6. The topological polar surface area (TPSA) is 70.5 Å². The van der Waals surface area contributed by atoms with Crippen LogP contribution in [0.2, 0.25) is 5.02 Å². The highest BCUT2D eigenvalue weighted by molar-refractivity contribution is 6.30. The molecule has 0 radical (unpaired) electrons. The van der Waals surface area contributed by atoms with Gasteiger partial charge in [0.1, 0.15) is 5.69 Å². The number of likely N-dealkylation sites (tertiary alicyclic amines) is 1. The van der Waals surface area contributed by atoms with Gasteiger partial charge < -0.3 is 10.0 Å². The molecule has 1 aromatic rings. The molecule has 5 nitrogen and oxygen atoms in total. The van der Waals surface area contributed by atoms with Crippen molar-refractivity contribution in [3.8, 4) is 0 Å². The van der Waals surface area contributed by atoms with Gasteiger partial charge in [0.05, 0.1) is 5.41 Å². The maximum atomic E-state index is 12.5. The lowest BCUT2D eigenvalue weighted by Crippen LogP contribution is -2.47. The molecule has 0 bridgehead atoms. The van der Waals surface area contributed by atoms with Crippen molar-refractivity contribution in [2.45, 2.75) is 26.7 Å². The number of aromatic nitrogens is 1. The highest BCUT2D eigenvalue weighted by Gasteiger charge is 2.40. The number of hydrogen-bond donors (Lipinski definition) is 1. The molecule has 1 aliphatic rings. The van der Waals surface area contributed by atoms with Crippen LogP contribution in [0, 0.1) is 11.3 Å². The Morgan fingerprint density at radius 2 is 2.19 bits per heavy atom. The van der Waals surface area contributed by atoms with Gasteiger partial charge in [0.15, 0.2) is 0 Å². The number of carbonyl (C=O) groups excluding carboxylic acids is 1. The van der Waals surface area contributed by atoms with Crippen molar-refractivity contribution < 1.29 is 14.7 Å². The Labute approximate surface area is 128 Å². The third-order valence-corrected chi connectivity index (χ3v) is 4.46. The summed E-state index contributed by atoms with van der Waals surface area (Å²) in [7, 11) is 0. The maximum absolute atomic E-state index is 12.5. The molecule has 114 valence electrons. The summed E-state index contributed by atoms with van der Waals surface area (Å²) < 4.78 is 0. The number of rotatable bonds is 3. The first-order valence-corrected chi connectivity index (χ1v) is 7.34. The molecular formula is C15H19ClN2O3. The highest BCUT2D eigenvalue weighted by Crippen LogP contribution is 2.34. The summed E-state index contributed by atoms with van der Waals surface area (Å²) in [6.45, 7) is 4.49. The second kappa shape index (κ2) is 6.02. The summed E-state index contributed by atoms with van der Waals surface area (Å²) in [6, 6.07) is 3.15. The molecule has 2 rings (SSSR count). The largest absolute Gasteiger partial charge is 0.481 e. The lowest BCUT2D eigenvalue weighted by molar-refractivity contribution is -0.151. The van der Waals surface area contributed by atoms with E-state index in [9.17, 15) is 14.7 Å². The lowest BCUT2D eigenvalue weighted by atomic mass is 9.74. The van der Waals surface area contributed by atoms with Crippen LogP contribution in [0.1, 0.15) is 37.2 Å². The van der Waals surface area contributed by atoms with E-state index in [1.165, 1.54) is 12.3 Å². The van der Waals surface area contributed by atoms with Gasteiger partial charge in [-0.2, -0.15) is 0 Å². The fourth-order valence-electron chi connectivity index (χ4n) is 2.61. The molecule has 0 spiro atoms. The summed E-state index contributed by atoms with van der Waals surface area (Å²) in [6.07, 6.45) is 3.11. The van der Waals surface area contributed by atoms with Gasteiger partial charge in [-0.15, -0.1) is 0 Å². The van der Waals surface area contributed by atoms with E-state index in [1.807, 2.05) is 0 Å². The smallest absolute Gasteiger partial charge is 0.309 e. The Morgan fingerprint density at radius 1 is 1.48 bits per heavy atom. The number of halogens is 1. The molecule has 6 heteroatoms. The quantitative estimate of drug-likeness (QED) is 0.932. The molecule has 2 heterocycles. The summed E-state index contributed by atoms with van der Waals surface area (Å²) >= 11 is 5.88. The molecule has 1 amide bonds. The molecule has 1 fully saturated rings. The van der Waals surface area contributed by atoms with Crippen LogP contribution in [0.4, 0.5) is 0 Å². The number of piperidine rings is 1. The molecule has 1 unspecified atom stereocenters. The van der Waals surface area contributed by atoms with E-state index in [2.05, 4.69) is 4.98 Å². The van der Waals surface area contributed by atoms with E-state index >= 15 is 0 Å². The van der Waals surface area contributed by atoms with E-state index in [1.54, 1.807) is 24.8 Å². The van der Waals surface area contributed by atoms with Gasteiger partial charge in [-0.3, -0.25) is 14.6 Å². The first-order valence-electron chi connectivity index (χ1n) is 6.96. The second-order valence-corrected chi connectivity index (χ2v) is 6.41. The van der Waals surface area contributed by atoms with Crippen LogP contribution < -0.4 is 0 Å². The van der Waals surface area contributed by atoms with Crippen LogP contribution in [0.25, 0.3) is 0 Å². The molecule has 0 saturated carbocycles. The number of carboxylic acids is 1.